The Kier molecular flexibility index (Phi) is 6.73. The highest BCUT2D eigenvalue weighted by Crippen LogP contribution is 2.28. The minimum Gasteiger partial charge on any atom is -0.480 e. The molecule has 168 valence electrons. The molecule has 1 atom stereocenters. The van der Waals surface area contributed by atoms with E-state index in [0.717, 1.165) is 37.0 Å². The van der Waals surface area contributed by atoms with Crippen LogP contribution in [0.2, 0.25) is 0 Å². The Hall–Kier alpha value is -3.35. The lowest BCUT2D eigenvalue weighted by Crippen LogP contribution is -2.37. The third-order valence-corrected chi connectivity index (χ3v) is 6.06. The van der Waals surface area contributed by atoms with Crippen LogP contribution >= 0.6 is 0 Å². The van der Waals surface area contributed by atoms with Crippen LogP contribution in [0, 0.1) is 5.92 Å². The van der Waals surface area contributed by atoms with Gasteiger partial charge in [0.15, 0.2) is 6.10 Å². The van der Waals surface area contributed by atoms with Crippen molar-refractivity contribution >= 4 is 23.5 Å². The second-order valence-corrected chi connectivity index (χ2v) is 8.37. The Balaban J connectivity index is 1.43. The number of rotatable bonds is 6. The summed E-state index contributed by atoms with van der Waals surface area (Å²) < 4.78 is 10.6. The highest BCUT2D eigenvalue weighted by Gasteiger charge is 2.28. The van der Waals surface area contributed by atoms with E-state index < -0.39 is 12.1 Å². The first-order valence-corrected chi connectivity index (χ1v) is 11.1. The van der Waals surface area contributed by atoms with Gasteiger partial charge in [0.2, 0.25) is 5.91 Å². The van der Waals surface area contributed by atoms with E-state index in [1.165, 1.54) is 13.5 Å². The Morgan fingerprint density at radius 3 is 2.56 bits per heavy atom. The Morgan fingerprint density at radius 1 is 1.03 bits per heavy atom. The number of methoxy groups -OCH3 is 1. The smallest absolute Gasteiger partial charge is 0.337 e. The topological polar surface area (TPSA) is 93.7 Å². The van der Waals surface area contributed by atoms with Crippen molar-refractivity contribution in [2.75, 3.05) is 12.4 Å². The number of nitrogens with one attached hydrogen (secondary N) is 2. The van der Waals surface area contributed by atoms with Crippen molar-refractivity contribution in [1.82, 2.24) is 5.32 Å². The van der Waals surface area contributed by atoms with Crippen LogP contribution in [-0.2, 0) is 27.3 Å². The number of fused-ring (bicyclic) bond motifs is 1. The summed E-state index contributed by atoms with van der Waals surface area (Å²) in [5.41, 5.74) is 2.55. The Morgan fingerprint density at radius 2 is 1.81 bits per heavy atom. The predicted octanol–water partition coefficient (Wildman–Crippen LogP) is 3.61. The lowest BCUT2D eigenvalue weighted by Gasteiger charge is -2.21. The van der Waals surface area contributed by atoms with Crippen molar-refractivity contribution in [2.45, 2.75) is 51.2 Å². The van der Waals surface area contributed by atoms with Crippen molar-refractivity contribution in [3.05, 3.63) is 59.2 Å². The molecule has 1 aliphatic carbocycles. The molecule has 32 heavy (non-hydrogen) atoms. The number of esters is 1. The van der Waals surface area contributed by atoms with E-state index in [1.54, 1.807) is 18.2 Å². The first-order chi connectivity index (χ1) is 15.5. The SMILES string of the molecule is COC(=O)c1cc(CNC(=O)C2Cc3ccccc3O2)cc(NC(=O)C2CCCCC2)c1. The van der Waals surface area contributed by atoms with Crippen LogP contribution in [-0.4, -0.2) is 31.0 Å². The molecule has 0 bridgehead atoms. The fourth-order valence-corrected chi connectivity index (χ4v) is 4.34. The molecule has 0 radical (unpaired) electrons. The van der Waals surface area contributed by atoms with Crippen molar-refractivity contribution in [1.29, 1.82) is 0 Å². The minimum atomic E-state index is -0.582. The Bertz CT molecular complexity index is 988. The van der Waals surface area contributed by atoms with Crippen LogP contribution in [0.5, 0.6) is 5.75 Å². The third-order valence-electron chi connectivity index (χ3n) is 6.06. The summed E-state index contributed by atoms with van der Waals surface area (Å²) in [5.74, 6) is -0.0277. The van der Waals surface area contributed by atoms with Gasteiger partial charge in [0, 0.05) is 24.6 Å². The van der Waals surface area contributed by atoms with Gasteiger partial charge >= 0.3 is 5.97 Å². The van der Waals surface area contributed by atoms with Gasteiger partial charge in [0.25, 0.3) is 5.91 Å². The number of para-hydroxylation sites is 1. The molecule has 1 unspecified atom stereocenters. The highest BCUT2D eigenvalue weighted by molar-refractivity contribution is 5.96. The number of carbonyl (C=O) groups excluding carboxylic acids is 3. The predicted molar refractivity (Wildman–Crippen MR) is 119 cm³/mol. The normalized spacial score (nSPS) is 17.7. The fraction of sp³-hybridized carbons (Fsp3) is 0.400. The molecule has 7 nitrogen and oxygen atoms in total. The van der Waals surface area contributed by atoms with Crippen molar-refractivity contribution in [2.24, 2.45) is 5.92 Å². The summed E-state index contributed by atoms with van der Waals surface area (Å²) in [6.45, 7) is 0.201. The van der Waals surface area contributed by atoms with Gasteiger partial charge in [0.1, 0.15) is 5.75 Å². The monoisotopic (exact) mass is 436 g/mol. The average molecular weight is 437 g/mol. The quantitative estimate of drug-likeness (QED) is 0.675. The average Bonchev–Trinajstić information content (AvgIpc) is 3.27. The lowest BCUT2D eigenvalue weighted by atomic mass is 9.88. The summed E-state index contributed by atoms with van der Waals surface area (Å²) in [6, 6.07) is 12.6. The molecule has 0 saturated heterocycles. The van der Waals surface area contributed by atoms with E-state index >= 15 is 0 Å². The largest absolute Gasteiger partial charge is 0.480 e. The van der Waals surface area contributed by atoms with Gasteiger partial charge in [-0.3, -0.25) is 9.59 Å². The minimum absolute atomic E-state index is 0.00478. The number of hydrogen-bond donors (Lipinski definition) is 2. The molecule has 1 heterocycles. The number of hydrogen-bond acceptors (Lipinski definition) is 5. The maximum atomic E-state index is 12.7. The van der Waals surface area contributed by atoms with E-state index in [0.29, 0.717) is 23.2 Å². The second-order valence-electron chi connectivity index (χ2n) is 8.37. The van der Waals surface area contributed by atoms with Crippen molar-refractivity contribution in [3.63, 3.8) is 0 Å². The summed E-state index contributed by atoms with van der Waals surface area (Å²) in [4.78, 5) is 37.4. The van der Waals surface area contributed by atoms with E-state index in [1.807, 2.05) is 24.3 Å². The summed E-state index contributed by atoms with van der Waals surface area (Å²) in [6.07, 6.45) is 5.00. The van der Waals surface area contributed by atoms with Crippen molar-refractivity contribution < 1.29 is 23.9 Å². The molecule has 2 amide bonds. The molecule has 2 aliphatic rings. The van der Waals surface area contributed by atoms with Crippen LogP contribution in [0.15, 0.2) is 42.5 Å². The zero-order valence-electron chi connectivity index (χ0n) is 18.2. The van der Waals surface area contributed by atoms with Gasteiger partial charge in [0.05, 0.1) is 12.7 Å². The molecule has 0 aromatic heterocycles. The Labute approximate surface area is 187 Å². The molecule has 2 aromatic carbocycles. The number of ether oxygens (including phenoxy) is 2. The zero-order chi connectivity index (χ0) is 22.5. The van der Waals surface area contributed by atoms with Gasteiger partial charge in [-0.05, 0) is 48.2 Å². The summed E-state index contributed by atoms with van der Waals surface area (Å²) in [5, 5.41) is 5.82. The lowest BCUT2D eigenvalue weighted by molar-refractivity contribution is -0.127. The van der Waals surface area contributed by atoms with Gasteiger partial charge in [-0.2, -0.15) is 0 Å². The van der Waals surface area contributed by atoms with Crippen LogP contribution in [0.1, 0.15) is 53.6 Å². The standard InChI is InChI=1S/C25H28N2O5/c1-31-25(30)19-11-16(12-20(13-19)27-23(28)17-7-3-2-4-8-17)15-26-24(29)22-14-18-9-5-6-10-21(18)32-22/h5-6,9-13,17,22H,2-4,7-8,14-15H2,1H3,(H,26,29)(H,27,28). The molecule has 4 rings (SSSR count). The summed E-state index contributed by atoms with van der Waals surface area (Å²) >= 11 is 0. The number of carbonyl (C=O) groups is 3. The van der Waals surface area contributed by atoms with Gasteiger partial charge in [-0.1, -0.05) is 37.5 Å². The van der Waals surface area contributed by atoms with Gasteiger partial charge in [-0.25, -0.2) is 4.79 Å². The van der Waals surface area contributed by atoms with E-state index in [2.05, 4.69) is 10.6 Å². The van der Waals surface area contributed by atoms with E-state index in [9.17, 15) is 14.4 Å². The van der Waals surface area contributed by atoms with Crippen LogP contribution in [0.4, 0.5) is 5.69 Å². The van der Waals surface area contributed by atoms with Crippen LogP contribution < -0.4 is 15.4 Å². The van der Waals surface area contributed by atoms with Crippen LogP contribution in [0.25, 0.3) is 0 Å². The molecule has 1 aliphatic heterocycles. The third kappa shape index (κ3) is 5.10. The molecule has 0 spiro atoms. The fourth-order valence-electron chi connectivity index (χ4n) is 4.34. The molecule has 2 N–H and O–H groups in total. The zero-order valence-corrected chi connectivity index (χ0v) is 18.2. The first-order valence-electron chi connectivity index (χ1n) is 11.1. The maximum absolute atomic E-state index is 12.7. The number of amides is 2. The van der Waals surface area contributed by atoms with Crippen LogP contribution in [0.3, 0.4) is 0 Å². The molecule has 7 heteroatoms. The van der Waals surface area contributed by atoms with Crippen molar-refractivity contribution in [3.8, 4) is 5.75 Å². The number of anilines is 1. The summed E-state index contributed by atoms with van der Waals surface area (Å²) in [7, 11) is 1.31. The molecular formula is C25H28N2O5. The highest BCUT2D eigenvalue weighted by atomic mass is 16.5. The number of benzene rings is 2. The van der Waals surface area contributed by atoms with Gasteiger partial charge < -0.3 is 20.1 Å². The van der Waals surface area contributed by atoms with E-state index in [4.69, 9.17) is 9.47 Å². The molecule has 2 aromatic rings. The van der Waals surface area contributed by atoms with E-state index in [-0.39, 0.29) is 24.3 Å². The first kappa shape index (κ1) is 21.9. The maximum Gasteiger partial charge on any atom is 0.337 e. The van der Waals surface area contributed by atoms with Gasteiger partial charge in [-0.15, -0.1) is 0 Å². The molecule has 1 saturated carbocycles. The molecule has 1 fully saturated rings. The second kappa shape index (κ2) is 9.85. The molecular weight excluding hydrogens is 408 g/mol.